The summed E-state index contributed by atoms with van der Waals surface area (Å²) in [4.78, 5) is 11.1. The molecule has 8 heteroatoms. The lowest BCUT2D eigenvalue weighted by molar-refractivity contribution is -0.142. The molecule has 21 heavy (non-hydrogen) atoms. The lowest BCUT2D eigenvalue weighted by Gasteiger charge is -2.20. The Bertz CT molecular complexity index is 581. The van der Waals surface area contributed by atoms with Crippen LogP contribution in [0.1, 0.15) is 19.4 Å². The second-order valence-electron chi connectivity index (χ2n) is 5.00. The van der Waals surface area contributed by atoms with E-state index in [1.807, 2.05) is 0 Å². The Morgan fingerprint density at radius 1 is 1.29 bits per heavy atom. The molecular formula is C13H20N2O5S. The molecule has 0 spiro atoms. The molecule has 1 rings (SSSR count). The average Bonchev–Trinajstić information content (AvgIpc) is 2.38. The van der Waals surface area contributed by atoms with Gasteiger partial charge in [-0.1, -0.05) is 12.1 Å². The van der Waals surface area contributed by atoms with Gasteiger partial charge in [0.05, 0.1) is 12.0 Å². The minimum absolute atomic E-state index is 0.163. The van der Waals surface area contributed by atoms with Gasteiger partial charge in [-0.15, -0.1) is 0 Å². The van der Waals surface area contributed by atoms with E-state index in [4.69, 9.17) is 9.84 Å². The highest BCUT2D eigenvalue weighted by atomic mass is 32.2. The highest BCUT2D eigenvalue weighted by molar-refractivity contribution is 7.90. The van der Waals surface area contributed by atoms with Gasteiger partial charge in [0.15, 0.2) is 0 Å². The predicted molar refractivity (Wildman–Crippen MR) is 79.5 cm³/mol. The van der Waals surface area contributed by atoms with E-state index >= 15 is 0 Å². The largest absolute Gasteiger partial charge is 0.481 e. The number of nitrogens with one attached hydrogen (secondary N) is 2. The molecule has 0 saturated carbocycles. The Kier molecular flexibility index (Phi) is 5.70. The van der Waals surface area contributed by atoms with Crippen molar-refractivity contribution >= 4 is 21.9 Å². The third kappa shape index (κ3) is 5.00. The van der Waals surface area contributed by atoms with Crippen molar-refractivity contribution in [3.8, 4) is 0 Å². The first-order valence-electron chi connectivity index (χ1n) is 6.29. The third-order valence-corrected chi connectivity index (χ3v) is 4.08. The molecule has 0 fully saturated rings. The Morgan fingerprint density at radius 2 is 1.86 bits per heavy atom. The standard InChI is InChI=1S/C13H20N2O5S/c1-13(2,12(16)17)10-4-6-11(7-5-10)15-21(18,19)14-8-9-20-3/h4-7,14-15H,8-9H2,1-3H3,(H,16,17). The zero-order valence-electron chi connectivity index (χ0n) is 12.2. The van der Waals surface area contributed by atoms with Crippen molar-refractivity contribution in [2.45, 2.75) is 19.3 Å². The van der Waals surface area contributed by atoms with Crippen molar-refractivity contribution in [2.75, 3.05) is 25.0 Å². The summed E-state index contributed by atoms with van der Waals surface area (Å²) in [5, 5.41) is 9.14. The van der Waals surface area contributed by atoms with Crippen LogP contribution >= 0.6 is 0 Å². The minimum atomic E-state index is -3.67. The highest BCUT2D eigenvalue weighted by Crippen LogP contribution is 2.24. The molecule has 0 aliphatic heterocycles. The number of hydrogen-bond acceptors (Lipinski definition) is 4. The van der Waals surface area contributed by atoms with Crippen LogP contribution in [0.3, 0.4) is 0 Å². The zero-order valence-corrected chi connectivity index (χ0v) is 13.0. The Labute approximate surface area is 124 Å². The number of aliphatic carboxylic acids is 1. The van der Waals surface area contributed by atoms with Gasteiger partial charge in [0.25, 0.3) is 10.2 Å². The SMILES string of the molecule is COCCNS(=O)(=O)Nc1ccc(C(C)(C)C(=O)O)cc1. The fourth-order valence-electron chi connectivity index (χ4n) is 1.55. The molecule has 0 bridgehead atoms. The first kappa shape index (κ1) is 17.4. The number of methoxy groups -OCH3 is 1. The maximum Gasteiger partial charge on any atom is 0.313 e. The Balaban J connectivity index is 2.77. The summed E-state index contributed by atoms with van der Waals surface area (Å²) < 4.78 is 32.8. The molecule has 0 aliphatic carbocycles. The number of ether oxygens (including phenoxy) is 1. The molecule has 1 aromatic carbocycles. The quantitative estimate of drug-likeness (QED) is 0.619. The normalized spacial score (nSPS) is 12.1. The monoisotopic (exact) mass is 316 g/mol. The van der Waals surface area contributed by atoms with Crippen LogP contribution < -0.4 is 9.44 Å². The van der Waals surface area contributed by atoms with Crippen LogP contribution in [0.15, 0.2) is 24.3 Å². The summed E-state index contributed by atoms with van der Waals surface area (Å²) in [5.41, 5.74) is -0.0937. The molecule has 0 radical (unpaired) electrons. The lowest BCUT2D eigenvalue weighted by atomic mass is 9.85. The van der Waals surface area contributed by atoms with Crippen molar-refractivity contribution < 1.29 is 23.1 Å². The zero-order chi connectivity index (χ0) is 16.1. The molecule has 1 aromatic rings. The maximum absolute atomic E-state index is 11.7. The van der Waals surface area contributed by atoms with Gasteiger partial charge in [0, 0.05) is 19.3 Å². The van der Waals surface area contributed by atoms with Gasteiger partial charge in [-0.25, -0.2) is 0 Å². The van der Waals surface area contributed by atoms with E-state index in [1.165, 1.54) is 19.2 Å². The van der Waals surface area contributed by atoms with E-state index in [9.17, 15) is 13.2 Å². The molecular weight excluding hydrogens is 296 g/mol. The lowest BCUT2D eigenvalue weighted by Crippen LogP contribution is -2.32. The predicted octanol–water partition coefficient (Wildman–Crippen LogP) is 0.941. The van der Waals surface area contributed by atoms with Crippen molar-refractivity contribution in [3.63, 3.8) is 0 Å². The summed E-state index contributed by atoms with van der Waals surface area (Å²) >= 11 is 0. The van der Waals surface area contributed by atoms with Crippen LogP contribution in [0.5, 0.6) is 0 Å². The smallest absolute Gasteiger partial charge is 0.313 e. The molecule has 0 atom stereocenters. The summed E-state index contributed by atoms with van der Waals surface area (Å²) in [5.74, 6) is -0.947. The molecule has 0 aromatic heterocycles. The van der Waals surface area contributed by atoms with Crippen molar-refractivity contribution in [2.24, 2.45) is 0 Å². The number of anilines is 1. The fraction of sp³-hybridized carbons (Fsp3) is 0.462. The van der Waals surface area contributed by atoms with Gasteiger partial charge >= 0.3 is 5.97 Å². The molecule has 0 unspecified atom stereocenters. The van der Waals surface area contributed by atoms with Gasteiger partial charge in [-0.2, -0.15) is 13.1 Å². The minimum Gasteiger partial charge on any atom is -0.481 e. The van der Waals surface area contributed by atoms with Gasteiger partial charge in [0.2, 0.25) is 0 Å². The Morgan fingerprint density at radius 3 is 2.33 bits per heavy atom. The first-order valence-corrected chi connectivity index (χ1v) is 7.77. The van der Waals surface area contributed by atoms with Crippen molar-refractivity contribution in [3.05, 3.63) is 29.8 Å². The topological polar surface area (TPSA) is 105 Å². The number of hydrogen-bond donors (Lipinski definition) is 3. The van der Waals surface area contributed by atoms with Crippen molar-refractivity contribution in [1.29, 1.82) is 0 Å². The summed E-state index contributed by atoms with van der Waals surface area (Å²) in [6.45, 7) is 3.60. The summed E-state index contributed by atoms with van der Waals surface area (Å²) in [6, 6.07) is 6.22. The van der Waals surface area contributed by atoms with Gasteiger partial charge in [-0.3, -0.25) is 9.52 Å². The van der Waals surface area contributed by atoms with Crippen molar-refractivity contribution in [1.82, 2.24) is 4.72 Å². The van der Waals surface area contributed by atoms with Gasteiger partial charge < -0.3 is 9.84 Å². The maximum atomic E-state index is 11.7. The molecule has 118 valence electrons. The number of carbonyl (C=O) groups is 1. The molecule has 0 amide bonds. The second kappa shape index (κ2) is 6.88. The molecule has 0 saturated heterocycles. The van der Waals surface area contributed by atoms with Crippen LogP contribution in [0.4, 0.5) is 5.69 Å². The fourth-order valence-corrected chi connectivity index (χ4v) is 2.42. The third-order valence-electron chi connectivity index (χ3n) is 2.99. The highest BCUT2D eigenvalue weighted by Gasteiger charge is 2.29. The molecule has 7 nitrogen and oxygen atoms in total. The van der Waals surface area contributed by atoms with E-state index in [2.05, 4.69) is 9.44 Å². The van der Waals surface area contributed by atoms with Crippen LogP contribution in [0.25, 0.3) is 0 Å². The van der Waals surface area contributed by atoms with Gasteiger partial charge in [0.1, 0.15) is 0 Å². The summed E-state index contributed by atoms with van der Waals surface area (Å²) in [7, 11) is -2.19. The van der Waals surface area contributed by atoms with Crippen LogP contribution in [0.2, 0.25) is 0 Å². The first-order chi connectivity index (χ1) is 9.69. The summed E-state index contributed by atoms with van der Waals surface area (Å²) in [6.07, 6.45) is 0. The van der Waals surface area contributed by atoms with E-state index in [1.54, 1.807) is 26.0 Å². The van der Waals surface area contributed by atoms with Crippen LogP contribution in [0, 0.1) is 0 Å². The van der Waals surface area contributed by atoms with E-state index in [0.717, 1.165) is 0 Å². The number of carboxylic acid groups (broad SMARTS) is 1. The molecule has 0 aliphatic rings. The number of rotatable bonds is 8. The Hall–Kier alpha value is -1.64. The second-order valence-corrected chi connectivity index (χ2v) is 6.50. The van der Waals surface area contributed by atoms with E-state index in [-0.39, 0.29) is 13.2 Å². The van der Waals surface area contributed by atoms with E-state index < -0.39 is 21.6 Å². The van der Waals surface area contributed by atoms with Crippen LogP contribution in [-0.4, -0.2) is 39.8 Å². The van der Waals surface area contributed by atoms with E-state index in [0.29, 0.717) is 11.3 Å². The molecule has 0 heterocycles. The number of benzene rings is 1. The molecule has 3 N–H and O–H groups in total. The van der Waals surface area contributed by atoms with Crippen LogP contribution in [-0.2, 0) is 25.2 Å². The number of carboxylic acids is 1. The van der Waals surface area contributed by atoms with Gasteiger partial charge in [-0.05, 0) is 31.5 Å². The average molecular weight is 316 g/mol.